The number of fused-ring (bicyclic) bond motifs is 1. The van der Waals surface area contributed by atoms with E-state index < -0.39 is 15.7 Å². The van der Waals surface area contributed by atoms with E-state index in [-0.39, 0.29) is 15.5 Å². The Balaban J connectivity index is 1.91. The fourth-order valence-corrected chi connectivity index (χ4v) is 3.43. The lowest BCUT2D eigenvalue weighted by molar-refractivity contribution is 0.102. The van der Waals surface area contributed by atoms with Crippen LogP contribution in [0.15, 0.2) is 53.8 Å². The smallest absolute Gasteiger partial charge is 0.255 e. The highest BCUT2D eigenvalue weighted by Gasteiger charge is 2.16. The molecule has 0 aliphatic carbocycles. The molecule has 1 aromatic carbocycles. The van der Waals surface area contributed by atoms with E-state index in [9.17, 15) is 13.2 Å². The Bertz CT molecular complexity index is 1010. The molecule has 0 fully saturated rings. The summed E-state index contributed by atoms with van der Waals surface area (Å²) in [5.41, 5.74) is 1.53. The standard InChI is InChI=1S/C15H12ClN3O3S/c1-23(21,22)13-8-10(2-4-12(13)16)15(20)18-11-3-5-14-17-6-7-19(14)9-11/h2-9H,1H3,(H,18,20). The number of nitrogens with zero attached hydrogens (tertiary/aromatic N) is 2. The van der Waals surface area contributed by atoms with Crippen molar-refractivity contribution >= 4 is 38.7 Å². The number of sulfone groups is 1. The average molecular weight is 350 g/mol. The molecule has 2 heterocycles. The lowest BCUT2D eigenvalue weighted by Crippen LogP contribution is -2.13. The largest absolute Gasteiger partial charge is 0.321 e. The van der Waals surface area contributed by atoms with Gasteiger partial charge in [-0.1, -0.05) is 11.6 Å². The monoisotopic (exact) mass is 349 g/mol. The summed E-state index contributed by atoms with van der Waals surface area (Å²) in [5.74, 6) is -0.425. The molecule has 0 spiro atoms. The van der Waals surface area contributed by atoms with E-state index in [1.165, 1.54) is 18.2 Å². The molecule has 1 N–H and O–H groups in total. The highest BCUT2D eigenvalue weighted by molar-refractivity contribution is 7.90. The summed E-state index contributed by atoms with van der Waals surface area (Å²) in [6.45, 7) is 0. The van der Waals surface area contributed by atoms with E-state index in [4.69, 9.17) is 11.6 Å². The number of hydrogen-bond acceptors (Lipinski definition) is 4. The third-order valence-electron chi connectivity index (χ3n) is 3.24. The number of imidazole rings is 1. The van der Waals surface area contributed by atoms with Gasteiger partial charge in [-0.05, 0) is 30.3 Å². The molecule has 0 unspecified atom stereocenters. The number of benzene rings is 1. The molecule has 0 saturated heterocycles. The number of carbonyl (C=O) groups is 1. The number of amides is 1. The topological polar surface area (TPSA) is 80.5 Å². The highest BCUT2D eigenvalue weighted by atomic mass is 35.5. The van der Waals surface area contributed by atoms with Gasteiger partial charge in [0.25, 0.3) is 5.91 Å². The number of pyridine rings is 1. The van der Waals surface area contributed by atoms with E-state index >= 15 is 0 Å². The minimum absolute atomic E-state index is 0.0723. The van der Waals surface area contributed by atoms with Gasteiger partial charge in [0.1, 0.15) is 5.65 Å². The molecular formula is C15H12ClN3O3S. The van der Waals surface area contributed by atoms with Crippen LogP contribution < -0.4 is 5.32 Å². The molecule has 0 saturated carbocycles. The van der Waals surface area contributed by atoms with E-state index in [0.717, 1.165) is 11.9 Å². The maximum Gasteiger partial charge on any atom is 0.255 e. The highest BCUT2D eigenvalue weighted by Crippen LogP contribution is 2.23. The van der Waals surface area contributed by atoms with Crippen LogP contribution in [-0.2, 0) is 9.84 Å². The minimum atomic E-state index is -3.51. The first-order valence-corrected chi connectivity index (χ1v) is 8.85. The Kier molecular flexibility index (Phi) is 3.83. The SMILES string of the molecule is CS(=O)(=O)c1cc(C(=O)Nc2ccc3nccn3c2)ccc1Cl. The number of aromatic nitrogens is 2. The Hall–Kier alpha value is -2.38. The van der Waals surface area contributed by atoms with Gasteiger partial charge in [0.05, 0.1) is 15.6 Å². The molecule has 0 aliphatic rings. The molecule has 2 aromatic heterocycles. The summed E-state index contributed by atoms with van der Waals surface area (Å²) < 4.78 is 25.1. The molecule has 0 atom stereocenters. The lowest BCUT2D eigenvalue weighted by atomic mass is 10.2. The second-order valence-corrected chi connectivity index (χ2v) is 7.37. The fourth-order valence-electron chi connectivity index (χ4n) is 2.13. The van der Waals surface area contributed by atoms with Crippen LogP contribution in [0.25, 0.3) is 5.65 Å². The number of carbonyl (C=O) groups excluding carboxylic acids is 1. The van der Waals surface area contributed by atoms with Gasteiger partial charge in [-0.15, -0.1) is 0 Å². The van der Waals surface area contributed by atoms with Crippen LogP contribution in [0, 0.1) is 0 Å². The molecule has 0 aliphatic heterocycles. The van der Waals surface area contributed by atoms with Crippen molar-refractivity contribution in [2.24, 2.45) is 0 Å². The average Bonchev–Trinajstić information content (AvgIpc) is 2.94. The molecule has 6 nitrogen and oxygen atoms in total. The van der Waals surface area contributed by atoms with Crippen LogP contribution in [0.3, 0.4) is 0 Å². The summed E-state index contributed by atoms with van der Waals surface area (Å²) in [5, 5.41) is 2.80. The van der Waals surface area contributed by atoms with Crippen LogP contribution in [0.4, 0.5) is 5.69 Å². The van der Waals surface area contributed by atoms with Gasteiger partial charge in [-0.25, -0.2) is 13.4 Å². The van der Waals surface area contributed by atoms with E-state index in [1.807, 2.05) is 0 Å². The van der Waals surface area contributed by atoms with Gasteiger partial charge in [0.2, 0.25) is 0 Å². The van der Waals surface area contributed by atoms with Crippen LogP contribution in [-0.4, -0.2) is 30.0 Å². The molecule has 118 valence electrons. The van der Waals surface area contributed by atoms with Crippen LogP contribution in [0.2, 0.25) is 5.02 Å². The second-order valence-electron chi connectivity index (χ2n) is 4.98. The number of anilines is 1. The summed E-state index contributed by atoms with van der Waals surface area (Å²) in [6.07, 6.45) is 6.17. The summed E-state index contributed by atoms with van der Waals surface area (Å²) in [6, 6.07) is 7.61. The van der Waals surface area contributed by atoms with E-state index in [2.05, 4.69) is 10.3 Å². The zero-order valence-corrected chi connectivity index (χ0v) is 13.6. The first-order valence-electron chi connectivity index (χ1n) is 6.58. The molecule has 0 radical (unpaired) electrons. The number of nitrogens with one attached hydrogen (secondary N) is 1. The van der Waals surface area contributed by atoms with Gasteiger partial charge in [-0.2, -0.15) is 0 Å². The van der Waals surface area contributed by atoms with Crippen molar-refractivity contribution in [1.29, 1.82) is 0 Å². The molecule has 3 aromatic rings. The number of rotatable bonds is 3. The molecule has 0 bridgehead atoms. The summed E-state index contributed by atoms with van der Waals surface area (Å²) in [4.78, 5) is 16.3. The predicted molar refractivity (Wildman–Crippen MR) is 87.7 cm³/mol. The molecular weight excluding hydrogens is 338 g/mol. The van der Waals surface area contributed by atoms with Gasteiger partial charge in [0, 0.05) is 30.4 Å². The third kappa shape index (κ3) is 3.20. The number of halogens is 1. The zero-order valence-electron chi connectivity index (χ0n) is 12.0. The molecule has 23 heavy (non-hydrogen) atoms. The first kappa shape index (κ1) is 15.5. The Morgan fingerprint density at radius 3 is 2.78 bits per heavy atom. The Morgan fingerprint density at radius 1 is 1.26 bits per heavy atom. The van der Waals surface area contributed by atoms with Gasteiger partial charge in [0.15, 0.2) is 9.84 Å². The zero-order chi connectivity index (χ0) is 16.6. The normalized spacial score (nSPS) is 11.6. The quantitative estimate of drug-likeness (QED) is 0.788. The second kappa shape index (κ2) is 5.68. The number of hydrogen-bond donors (Lipinski definition) is 1. The van der Waals surface area contributed by atoms with Crippen molar-refractivity contribution in [3.63, 3.8) is 0 Å². The Morgan fingerprint density at radius 2 is 2.04 bits per heavy atom. The minimum Gasteiger partial charge on any atom is -0.321 e. The fraction of sp³-hybridized carbons (Fsp3) is 0.0667. The predicted octanol–water partition coefficient (Wildman–Crippen LogP) is 2.64. The van der Waals surface area contributed by atoms with Crippen LogP contribution in [0.1, 0.15) is 10.4 Å². The van der Waals surface area contributed by atoms with Crippen molar-refractivity contribution in [3.05, 3.63) is 59.5 Å². The van der Waals surface area contributed by atoms with Crippen molar-refractivity contribution in [1.82, 2.24) is 9.38 Å². The van der Waals surface area contributed by atoms with Gasteiger partial charge >= 0.3 is 0 Å². The van der Waals surface area contributed by atoms with Crippen molar-refractivity contribution in [3.8, 4) is 0 Å². The molecule has 8 heteroatoms. The Labute approximate surface area is 137 Å². The summed E-state index contributed by atoms with van der Waals surface area (Å²) >= 11 is 5.88. The maximum absolute atomic E-state index is 12.3. The maximum atomic E-state index is 12.3. The first-order chi connectivity index (χ1) is 10.8. The van der Waals surface area contributed by atoms with Crippen LogP contribution >= 0.6 is 11.6 Å². The molecule has 3 rings (SSSR count). The van der Waals surface area contributed by atoms with E-state index in [1.54, 1.807) is 35.1 Å². The lowest BCUT2D eigenvalue weighted by Gasteiger charge is -2.08. The van der Waals surface area contributed by atoms with Crippen molar-refractivity contribution in [2.75, 3.05) is 11.6 Å². The molecule has 1 amide bonds. The third-order valence-corrected chi connectivity index (χ3v) is 4.82. The van der Waals surface area contributed by atoms with Crippen molar-refractivity contribution < 1.29 is 13.2 Å². The van der Waals surface area contributed by atoms with Gasteiger partial charge < -0.3 is 9.72 Å². The van der Waals surface area contributed by atoms with E-state index in [0.29, 0.717) is 5.69 Å². The van der Waals surface area contributed by atoms with Crippen LogP contribution in [0.5, 0.6) is 0 Å². The van der Waals surface area contributed by atoms with Gasteiger partial charge in [-0.3, -0.25) is 4.79 Å². The summed E-state index contributed by atoms with van der Waals surface area (Å²) in [7, 11) is -3.51. The van der Waals surface area contributed by atoms with Crippen molar-refractivity contribution in [2.45, 2.75) is 4.90 Å².